The summed E-state index contributed by atoms with van der Waals surface area (Å²) in [4.78, 5) is 10.4. The van der Waals surface area contributed by atoms with Crippen molar-refractivity contribution in [3.8, 4) is 5.75 Å². The molecule has 76 valence electrons. The Labute approximate surface area is 85.1 Å². The zero-order chi connectivity index (χ0) is 10.7. The van der Waals surface area contributed by atoms with Crippen LogP contribution in [0.5, 0.6) is 5.75 Å². The Kier molecular flexibility index (Phi) is 3.30. The Hall–Kier alpha value is -1.29. The van der Waals surface area contributed by atoms with Crippen LogP contribution < -0.4 is 4.74 Å². The van der Waals surface area contributed by atoms with E-state index in [4.69, 9.17) is 21.4 Å². The van der Waals surface area contributed by atoms with Gasteiger partial charge in [-0.1, -0.05) is 11.6 Å². The molecule has 0 heterocycles. The molecule has 0 aliphatic heterocycles. The number of rotatable bonds is 3. The van der Waals surface area contributed by atoms with Gasteiger partial charge in [-0.05, 0) is 25.1 Å². The van der Waals surface area contributed by atoms with Crippen LogP contribution in [0.3, 0.4) is 0 Å². The Bertz CT molecular complexity index is 354. The van der Waals surface area contributed by atoms with Crippen LogP contribution in [0.25, 0.3) is 0 Å². The van der Waals surface area contributed by atoms with E-state index in [9.17, 15) is 9.18 Å². The van der Waals surface area contributed by atoms with Gasteiger partial charge >= 0.3 is 5.97 Å². The lowest BCUT2D eigenvalue weighted by Crippen LogP contribution is -2.22. The van der Waals surface area contributed by atoms with Crippen molar-refractivity contribution < 1.29 is 19.0 Å². The minimum absolute atomic E-state index is 0.0538. The highest BCUT2D eigenvalue weighted by Gasteiger charge is 2.14. The highest BCUT2D eigenvalue weighted by molar-refractivity contribution is 6.32. The summed E-state index contributed by atoms with van der Waals surface area (Å²) >= 11 is 5.62. The summed E-state index contributed by atoms with van der Waals surface area (Å²) in [5.41, 5.74) is 0. The first-order valence-electron chi connectivity index (χ1n) is 3.85. The maximum atomic E-state index is 12.6. The van der Waals surface area contributed by atoms with Crippen LogP contribution in [-0.2, 0) is 4.79 Å². The third-order valence-electron chi connectivity index (χ3n) is 1.55. The van der Waals surface area contributed by atoms with Gasteiger partial charge in [0.1, 0.15) is 11.6 Å². The highest BCUT2D eigenvalue weighted by Crippen LogP contribution is 2.25. The molecule has 5 heteroatoms. The molecule has 0 aliphatic rings. The van der Waals surface area contributed by atoms with Crippen LogP contribution in [0.2, 0.25) is 5.02 Å². The molecule has 1 N–H and O–H groups in total. The lowest BCUT2D eigenvalue weighted by Gasteiger charge is -2.11. The fourth-order valence-electron chi connectivity index (χ4n) is 0.812. The van der Waals surface area contributed by atoms with Crippen LogP contribution >= 0.6 is 11.6 Å². The number of carboxylic acid groups (broad SMARTS) is 1. The first-order chi connectivity index (χ1) is 6.50. The fraction of sp³-hybridized carbons (Fsp3) is 0.222. The first kappa shape index (κ1) is 10.8. The van der Waals surface area contributed by atoms with Crippen LogP contribution in [0.4, 0.5) is 4.39 Å². The molecule has 0 aliphatic carbocycles. The molecule has 1 unspecified atom stereocenters. The summed E-state index contributed by atoms with van der Waals surface area (Å²) in [6.45, 7) is 1.36. The van der Waals surface area contributed by atoms with E-state index in [0.29, 0.717) is 0 Å². The van der Waals surface area contributed by atoms with E-state index in [2.05, 4.69) is 0 Å². The number of hydrogen-bond donors (Lipinski definition) is 1. The number of benzene rings is 1. The van der Waals surface area contributed by atoms with Gasteiger partial charge in [-0.3, -0.25) is 0 Å². The minimum Gasteiger partial charge on any atom is -0.479 e. The molecule has 14 heavy (non-hydrogen) atoms. The van der Waals surface area contributed by atoms with Crippen molar-refractivity contribution in [2.24, 2.45) is 0 Å². The number of aliphatic carboxylic acids is 1. The molecule has 1 aromatic carbocycles. The molecule has 1 rings (SSSR count). The van der Waals surface area contributed by atoms with Gasteiger partial charge < -0.3 is 9.84 Å². The van der Waals surface area contributed by atoms with E-state index < -0.39 is 17.9 Å². The summed E-state index contributed by atoms with van der Waals surface area (Å²) in [5.74, 6) is -1.45. The standard InChI is InChI=1S/C9H8ClFO3/c1-5(9(12)13)14-8-3-2-6(11)4-7(8)10/h2-5H,1H3,(H,12,13). The smallest absolute Gasteiger partial charge is 0.344 e. The predicted octanol–water partition coefficient (Wildman–Crippen LogP) is 2.33. The molecule has 0 fully saturated rings. The Balaban J connectivity index is 2.82. The highest BCUT2D eigenvalue weighted by atomic mass is 35.5. The summed E-state index contributed by atoms with van der Waals surface area (Å²) in [6.07, 6.45) is -1.02. The minimum atomic E-state index is -1.11. The van der Waals surface area contributed by atoms with Crippen molar-refractivity contribution in [2.45, 2.75) is 13.0 Å². The summed E-state index contributed by atoms with van der Waals surface area (Å²) in [6, 6.07) is 3.50. The van der Waals surface area contributed by atoms with Gasteiger partial charge in [0.2, 0.25) is 0 Å². The molecule has 0 radical (unpaired) electrons. The number of hydrogen-bond acceptors (Lipinski definition) is 2. The maximum Gasteiger partial charge on any atom is 0.344 e. The number of carboxylic acids is 1. The lowest BCUT2D eigenvalue weighted by molar-refractivity contribution is -0.144. The quantitative estimate of drug-likeness (QED) is 0.847. The van der Waals surface area contributed by atoms with Gasteiger partial charge in [0, 0.05) is 0 Å². The van der Waals surface area contributed by atoms with Gasteiger partial charge in [0.05, 0.1) is 5.02 Å². The second kappa shape index (κ2) is 4.28. The molecular formula is C9H8ClFO3. The third kappa shape index (κ3) is 2.60. The Morgan fingerprint density at radius 3 is 2.79 bits per heavy atom. The normalized spacial score (nSPS) is 12.2. The summed E-state index contributed by atoms with van der Waals surface area (Å²) in [7, 11) is 0. The van der Waals surface area contributed by atoms with E-state index in [1.807, 2.05) is 0 Å². The Morgan fingerprint density at radius 1 is 1.64 bits per heavy atom. The SMILES string of the molecule is CC(Oc1ccc(F)cc1Cl)C(=O)O. The molecule has 0 spiro atoms. The number of ether oxygens (including phenoxy) is 1. The number of carbonyl (C=O) groups is 1. The molecule has 1 aromatic rings. The second-order valence-electron chi connectivity index (χ2n) is 2.67. The van der Waals surface area contributed by atoms with E-state index in [1.165, 1.54) is 13.0 Å². The molecule has 0 aromatic heterocycles. The second-order valence-corrected chi connectivity index (χ2v) is 3.08. The largest absolute Gasteiger partial charge is 0.479 e. The molecule has 0 amide bonds. The molecule has 0 bridgehead atoms. The van der Waals surface area contributed by atoms with Gasteiger partial charge in [-0.25, -0.2) is 9.18 Å². The van der Waals surface area contributed by atoms with Crippen LogP contribution in [0.1, 0.15) is 6.92 Å². The van der Waals surface area contributed by atoms with Crippen LogP contribution in [-0.4, -0.2) is 17.2 Å². The van der Waals surface area contributed by atoms with E-state index in [0.717, 1.165) is 12.1 Å². The lowest BCUT2D eigenvalue weighted by atomic mass is 10.3. The van der Waals surface area contributed by atoms with Gasteiger partial charge in [0.25, 0.3) is 0 Å². The summed E-state index contributed by atoms with van der Waals surface area (Å²) < 4.78 is 17.6. The number of halogens is 2. The average Bonchev–Trinajstić information content (AvgIpc) is 2.09. The molecular weight excluding hydrogens is 211 g/mol. The van der Waals surface area contributed by atoms with Crippen molar-refractivity contribution in [3.63, 3.8) is 0 Å². The topological polar surface area (TPSA) is 46.5 Å². The predicted molar refractivity (Wildman–Crippen MR) is 49.1 cm³/mol. The molecule has 3 nitrogen and oxygen atoms in total. The van der Waals surface area contributed by atoms with E-state index in [1.54, 1.807) is 0 Å². The van der Waals surface area contributed by atoms with Crippen molar-refractivity contribution in [2.75, 3.05) is 0 Å². The van der Waals surface area contributed by atoms with E-state index in [-0.39, 0.29) is 10.8 Å². The van der Waals surface area contributed by atoms with Gasteiger partial charge in [-0.2, -0.15) is 0 Å². The fourth-order valence-corrected chi connectivity index (χ4v) is 1.02. The third-order valence-corrected chi connectivity index (χ3v) is 1.84. The maximum absolute atomic E-state index is 12.6. The van der Waals surface area contributed by atoms with Crippen molar-refractivity contribution in [3.05, 3.63) is 29.0 Å². The molecule has 0 saturated carbocycles. The zero-order valence-corrected chi connectivity index (χ0v) is 8.08. The molecule has 1 atom stereocenters. The Morgan fingerprint density at radius 2 is 2.29 bits per heavy atom. The zero-order valence-electron chi connectivity index (χ0n) is 7.33. The van der Waals surface area contributed by atoms with Crippen molar-refractivity contribution >= 4 is 17.6 Å². The molecule has 0 saturated heterocycles. The van der Waals surface area contributed by atoms with Crippen LogP contribution in [0, 0.1) is 5.82 Å². The van der Waals surface area contributed by atoms with Crippen molar-refractivity contribution in [1.82, 2.24) is 0 Å². The van der Waals surface area contributed by atoms with Gasteiger partial charge in [0.15, 0.2) is 6.10 Å². The van der Waals surface area contributed by atoms with Crippen molar-refractivity contribution in [1.29, 1.82) is 0 Å². The monoisotopic (exact) mass is 218 g/mol. The van der Waals surface area contributed by atoms with E-state index >= 15 is 0 Å². The summed E-state index contributed by atoms with van der Waals surface area (Å²) in [5, 5.41) is 8.60. The first-order valence-corrected chi connectivity index (χ1v) is 4.23. The average molecular weight is 219 g/mol. The van der Waals surface area contributed by atoms with Crippen LogP contribution in [0.15, 0.2) is 18.2 Å². The van der Waals surface area contributed by atoms with Gasteiger partial charge in [-0.15, -0.1) is 0 Å².